The van der Waals surface area contributed by atoms with Gasteiger partial charge in [-0.1, -0.05) is 54.1 Å². The molecule has 0 bridgehead atoms. The van der Waals surface area contributed by atoms with Crippen molar-refractivity contribution in [2.75, 3.05) is 7.11 Å². The number of benzene rings is 3. The molecule has 3 aromatic carbocycles. The van der Waals surface area contributed by atoms with Crippen LogP contribution in [0, 0.1) is 18.6 Å². The van der Waals surface area contributed by atoms with Crippen molar-refractivity contribution in [3.05, 3.63) is 76.8 Å². The summed E-state index contributed by atoms with van der Waals surface area (Å²) in [6.45, 7) is 1.86. The second-order valence-electron chi connectivity index (χ2n) is 5.42. The number of ether oxygens (including phenoxy) is 1. The van der Waals surface area contributed by atoms with Gasteiger partial charge in [0.15, 0.2) is 0 Å². The van der Waals surface area contributed by atoms with Gasteiger partial charge in [-0.25, -0.2) is 8.78 Å². The second-order valence-corrected chi connectivity index (χ2v) is 5.83. The Hall–Kier alpha value is -2.39. The van der Waals surface area contributed by atoms with Gasteiger partial charge in [0.25, 0.3) is 0 Å². The summed E-state index contributed by atoms with van der Waals surface area (Å²) in [5.74, 6) is -1.02. The molecule has 0 spiro atoms. The minimum atomic E-state index is -0.723. The monoisotopic (exact) mass is 344 g/mol. The van der Waals surface area contributed by atoms with Crippen molar-refractivity contribution in [3.63, 3.8) is 0 Å². The summed E-state index contributed by atoms with van der Waals surface area (Å²) >= 11 is 6.16. The van der Waals surface area contributed by atoms with Crippen LogP contribution in [0.4, 0.5) is 8.78 Å². The maximum absolute atomic E-state index is 15.3. The van der Waals surface area contributed by atoms with Crippen LogP contribution >= 0.6 is 11.6 Å². The van der Waals surface area contributed by atoms with E-state index < -0.39 is 11.6 Å². The first-order valence-corrected chi connectivity index (χ1v) is 7.79. The molecule has 0 fully saturated rings. The summed E-state index contributed by atoms with van der Waals surface area (Å²) < 4.78 is 35.1. The Morgan fingerprint density at radius 2 is 1.50 bits per heavy atom. The molecule has 0 N–H and O–H groups in total. The molecule has 0 aliphatic rings. The van der Waals surface area contributed by atoms with Crippen LogP contribution in [0.1, 0.15) is 5.56 Å². The molecule has 0 unspecified atom stereocenters. The first kappa shape index (κ1) is 16.5. The Bertz CT molecular complexity index is 906. The van der Waals surface area contributed by atoms with Crippen LogP contribution in [0.5, 0.6) is 5.75 Å². The summed E-state index contributed by atoms with van der Waals surface area (Å²) in [6, 6.07) is 15.2. The van der Waals surface area contributed by atoms with Crippen molar-refractivity contribution in [2.24, 2.45) is 0 Å². The summed E-state index contributed by atoms with van der Waals surface area (Å²) in [5, 5.41) is 0.0398. The number of methoxy groups -OCH3 is 1. The maximum atomic E-state index is 15.3. The zero-order valence-electron chi connectivity index (χ0n) is 13.2. The fraction of sp³-hybridized carbons (Fsp3) is 0.100. The second kappa shape index (κ2) is 6.62. The highest BCUT2D eigenvalue weighted by Gasteiger charge is 2.23. The lowest BCUT2D eigenvalue weighted by Gasteiger charge is -2.15. The van der Waals surface area contributed by atoms with Crippen molar-refractivity contribution in [1.82, 2.24) is 0 Å². The van der Waals surface area contributed by atoms with E-state index in [1.54, 1.807) is 36.4 Å². The predicted octanol–water partition coefficient (Wildman–Crippen LogP) is 6.27. The third-order valence-electron chi connectivity index (χ3n) is 3.96. The number of hydrogen-bond donors (Lipinski definition) is 0. The van der Waals surface area contributed by atoms with Gasteiger partial charge < -0.3 is 4.74 Å². The Morgan fingerprint density at radius 1 is 0.875 bits per heavy atom. The molecule has 1 nitrogen and oxygen atoms in total. The zero-order valence-corrected chi connectivity index (χ0v) is 14.0. The predicted molar refractivity (Wildman–Crippen MR) is 93.5 cm³/mol. The highest BCUT2D eigenvalue weighted by atomic mass is 35.5. The largest absolute Gasteiger partial charge is 0.496 e. The third kappa shape index (κ3) is 2.76. The van der Waals surface area contributed by atoms with Crippen molar-refractivity contribution < 1.29 is 13.5 Å². The van der Waals surface area contributed by atoms with Gasteiger partial charge in [-0.15, -0.1) is 0 Å². The van der Waals surface area contributed by atoms with Crippen molar-refractivity contribution in [3.8, 4) is 28.0 Å². The van der Waals surface area contributed by atoms with E-state index in [-0.39, 0.29) is 16.1 Å². The SMILES string of the molecule is COc1ccccc1-c1c(F)cc(Cl)c(-c2ccccc2C)c1F. The molecule has 0 heterocycles. The van der Waals surface area contributed by atoms with E-state index in [4.69, 9.17) is 16.3 Å². The molecule has 4 heteroatoms. The Kier molecular flexibility index (Phi) is 4.54. The molecule has 24 heavy (non-hydrogen) atoms. The fourth-order valence-corrected chi connectivity index (χ4v) is 3.07. The number of aryl methyl sites for hydroxylation is 1. The number of hydrogen-bond acceptors (Lipinski definition) is 1. The molecule has 3 rings (SSSR count). The van der Waals surface area contributed by atoms with Crippen molar-refractivity contribution in [1.29, 1.82) is 0 Å². The quantitative estimate of drug-likeness (QED) is 0.544. The first-order valence-electron chi connectivity index (χ1n) is 7.41. The van der Waals surface area contributed by atoms with Gasteiger partial charge >= 0.3 is 0 Å². The molecule has 0 amide bonds. The van der Waals surface area contributed by atoms with Crippen LogP contribution in [0.25, 0.3) is 22.3 Å². The Balaban J connectivity index is 2.34. The topological polar surface area (TPSA) is 9.23 Å². The highest BCUT2D eigenvalue weighted by Crippen LogP contribution is 2.41. The summed E-state index contributed by atoms with van der Waals surface area (Å²) in [5.41, 5.74) is 1.89. The van der Waals surface area contributed by atoms with Gasteiger partial charge in [-0.05, 0) is 30.2 Å². The molecule has 0 saturated heterocycles. The lowest BCUT2D eigenvalue weighted by Crippen LogP contribution is -1.98. The molecule has 0 aromatic heterocycles. The minimum Gasteiger partial charge on any atom is -0.496 e. The lowest BCUT2D eigenvalue weighted by atomic mass is 9.94. The normalized spacial score (nSPS) is 10.7. The van der Waals surface area contributed by atoms with Crippen LogP contribution in [-0.4, -0.2) is 7.11 Å². The summed E-state index contributed by atoms with van der Waals surface area (Å²) in [6.07, 6.45) is 0. The van der Waals surface area contributed by atoms with E-state index in [1.807, 2.05) is 19.1 Å². The first-order chi connectivity index (χ1) is 11.5. The average molecular weight is 345 g/mol. The van der Waals surface area contributed by atoms with Gasteiger partial charge in [0, 0.05) is 11.1 Å². The fourth-order valence-electron chi connectivity index (χ4n) is 2.79. The van der Waals surface area contributed by atoms with Gasteiger partial charge in [0.1, 0.15) is 17.4 Å². The number of halogens is 3. The summed E-state index contributed by atoms with van der Waals surface area (Å²) in [7, 11) is 1.47. The molecular formula is C20H15ClF2O. The highest BCUT2D eigenvalue weighted by molar-refractivity contribution is 6.33. The van der Waals surface area contributed by atoms with E-state index in [1.165, 1.54) is 7.11 Å². The molecular weight excluding hydrogens is 330 g/mol. The van der Waals surface area contributed by atoms with E-state index in [9.17, 15) is 4.39 Å². The van der Waals surface area contributed by atoms with E-state index in [0.29, 0.717) is 16.9 Å². The molecule has 122 valence electrons. The van der Waals surface area contributed by atoms with Crippen LogP contribution in [0.3, 0.4) is 0 Å². The van der Waals surface area contributed by atoms with Gasteiger partial charge in [0.2, 0.25) is 0 Å². The minimum absolute atomic E-state index is 0.0398. The van der Waals surface area contributed by atoms with Crippen LogP contribution in [0.2, 0.25) is 5.02 Å². The number of para-hydroxylation sites is 1. The van der Waals surface area contributed by atoms with Gasteiger partial charge in [-0.2, -0.15) is 0 Å². The van der Waals surface area contributed by atoms with E-state index in [0.717, 1.165) is 11.6 Å². The van der Waals surface area contributed by atoms with Gasteiger partial charge in [0.05, 0.1) is 17.7 Å². The maximum Gasteiger partial charge on any atom is 0.143 e. The molecule has 3 aromatic rings. The van der Waals surface area contributed by atoms with E-state index >= 15 is 4.39 Å². The van der Waals surface area contributed by atoms with Crippen LogP contribution in [-0.2, 0) is 0 Å². The van der Waals surface area contributed by atoms with E-state index in [2.05, 4.69) is 0 Å². The Morgan fingerprint density at radius 3 is 2.17 bits per heavy atom. The Labute approximate surface area is 144 Å². The summed E-state index contributed by atoms with van der Waals surface area (Å²) in [4.78, 5) is 0. The smallest absolute Gasteiger partial charge is 0.143 e. The van der Waals surface area contributed by atoms with Crippen molar-refractivity contribution in [2.45, 2.75) is 6.92 Å². The molecule has 0 radical (unpaired) electrons. The molecule has 0 aliphatic carbocycles. The third-order valence-corrected chi connectivity index (χ3v) is 4.26. The average Bonchev–Trinajstić information content (AvgIpc) is 2.56. The van der Waals surface area contributed by atoms with Crippen LogP contribution < -0.4 is 4.74 Å². The standard InChI is InChI=1S/C20H15ClF2O/c1-12-7-3-4-8-13(12)18-15(21)11-16(22)19(20(18)23)14-9-5-6-10-17(14)24-2/h3-11H,1-2H3. The molecule has 0 saturated carbocycles. The molecule has 0 atom stereocenters. The van der Waals surface area contributed by atoms with Crippen LogP contribution in [0.15, 0.2) is 54.6 Å². The molecule has 0 aliphatic heterocycles. The number of rotatable bonds is 3. The zero-order chi connectivity index (χ0) is 17.3. The van der Waals surface area contributed by atoms with Gasteiger partial charge in [-0.3, -0.25) is 0 Å². The lowest BCUT2D eigenvalue weighted by molar-refractivity contribution is 0.415. The van der Waals surface area contributed by atoms with Crippen molar-refractivity contribution >= 4 is 11.6 Å².